The zero-order valence-corrected chi connectivity index (χ0v) is 34.1. The maximum absolute atomic E-state index is 6.95. The van der Waals surface area contributed by atoms with Gasteiger partial charge in [-0.25, -0.2) is 0 Å². The predicted molar refractivity (Wildman–Crippen MR) is 261 cm³/mol. The van der Waals surface area contributed by atoms with Crippen molar-refractivity contribution in [1.29, 1.82) is 0 Å². The Hall–Kier alpha value is -8.08. The molecule has 0 N–H and O–H groups in total. The first-order chi connectivity index (χ1) is 31.3. The van der Waals surface area contributed by atoms with E-state index in [2.05, 4.69) is 222 Å². The lowest BCUT2D eigenvalue weighted by atomic mass is 9.42. The van der Waals surface area contributed by atoms with Crippen molar-refractivity contribution < 1.29 is 4.42 Å². The molecule has 63 heavy (non-hydrogen) atoms. The fraction of sp³-hybridized carbons (Fsp3) is 0.0169. The molecule has 0 atom stereocenters. The topological polar surface area (TPSA) is 19.6 Å². The van der Waals surface area contributed by atoms with E-state index >= 15 is 0 Å². The molecule has 0 fully saturated rings. The van der Waals surface area contributed by atoms with Gasteiger partial charge in [0, 0.05) is 45.2 Å². The first-order valence-electron chi connectivity index (χ1n) is 22.0. The molecule has 4 aliphatic rings. The number of benzene rings is 10. The highest BCUT2D eigenvalue weighted by Gasteiger charge is 2.56. The molecule has 11 aromatic rings. The van der Waals surface area contributed by atoms with E-state index in [-0.39, 0.29) is 6.85 Å². The summed E-state index contributed by atoms with van der Waals surface area (Å²) in [6.45, 7) is -0.162. The van der Waals surface area contributed by atoms with Crippen molar-refractivity contribution in [2.24, 2.45) is 0 Å². The molecule has 0 radical (unpaired) electrons. The van der Waals surface area contributed by atoms with Crippen LogP contribution < -0.4 is 20.6 Å². The monoisotopic (exact) mass is 798 g/mol. The van der Waals surface area contributed by atoms with Crippen LogP contribution in [0.25, 0.3) is 66.1 Å². The lowest BCUT2D eigenvalue weighted by Crippen LogP contribution is -2.62. The van der Waals surface area contributed by atoms with Crippen LogP contribution >= 0.6 is 0 Å². The van der Waals surface area contributed by atoms with Gasteiger partial charge in [-0.1, -0.05) is 170 Å². The Bertz CT molecular complexity index is 3730. The number of fused-ring (bicyclic) bond motifs is 18. The molecule has 4 heteroatoms. The van der Waals surface area contributed by atoms with Gasteiger partial charge < -0.3 is 14.1 Å². The molecule has 1 aliphatic carbocycles. The Labute approximate surface area is 364 Å². The predicted octanol–water partition coefficient (Wildman–Crippen LogP) is 13.8. The average molecular weight is 799 g/mol. The molecule has 0 bridgehead atoms. The van der Waals surface area contributed by atoms with Gasteiger partial charge in [-0.3, -0.25) is 0 Å². The third kappa shape index (κ3) is 4.16. The van der Waals surface area contributed by atoms with Crippen molar-refractivity contribution in [2.45, 2.75) is 5.41 Å². The summed E-state index contributed by atoms with van der Waals surface area (Å²) in [5, 5.41) is 4.75. The minimum absolute atomic E-state index is 0.162. The van der Waals surface area contributed by atoms with Crippen LogP contribution in [0.15, 0.2) is 217 Å². The second-order valence-electron chi connectivity index (χ2n) is 17.5. The van der Waals surface area contributed by atoms with Crippen LogP contribution in [-0.2, 0) is 5.41 Å². The molecule has 10 aromatic carbocycles. The molecule has 1 spiro atoms. The Morgan fingerprint density at radius 3 is 1.86 bits per heavy atom. The number of anilines is 5. The lowest BCUT2D eigenvalue weighted by Gasteiger charge is -2.51. The van der Waals surface area contributed by atoms with E-state index in [0.717, 1.165) is 27.9 Å². The fourth-order valence-corrected chi connectivity index (χ4v) is 12.2. The minimum atomic E-state index is -0.527. The van der Waals surface area contributed by atoms with E-state index in [1.165, 1.54) is 99.8 Å². The SMILES string of the molecule is c1ccc(-c2ccc(N3B4c5cccc6c5N(c5ccccc5C65c6ccccc6-c6ccccc65)c5cc6oc7ccccc7c6c(c54)-c4cc5ccccc5cc43)cc2)cc1. The number of rotatable bonds is 2. The summed E-state index contributed by atoms with van der Waals surface area (Å²) in [7, 11) is 0. The average Bonchev–Trinajstić information content (AvgIpc) is 3.87. The van der Waals surface area contributed by atoms with E-state index in [0.29, 0.717) is 0 Å². The third-order valence-electron chi connectivity index (χ3n) is 14.6. The quantitative estimate of drug-likeness (QED) is 0.162. The third-order valence-corrected chi connectivity index (χ3v) is 14.6. The summed E-state index contributed by atoms with van der Waals surface area (Å²) in [5.74, 6) is 0. The summed E-state index contributed by atoms with van der Waals surface area (Å²) in [6, 6.07) is 79.1. The van der Waals surface area contributed by atoms with Crippen molar-refractivity contribution in [3.8, 4) is 33.4 Å². The molecule has 0 saturated carbocycles. The fourth-order valence-electron chi connectivity index (χ4n) is 12.2. The number of hydrogen-bond acceptors (Lipinski definition) is 3. The summed E-state index contributed by atoms with van der Waals surface area (Å²) in [4.78, 5) is 5.24. The van der Waals surface area contributed by atoms with Crippen LogP contribution in [0.3, 0.4) is 0 Å². The van der Waals surface area contributed by atoms with Crippen LogP contribution in [0.2, 0.25) is 0 Å². The standard InChI is InChI=1S/C59H35BN2O/c1-2-15-36(16-3-1)37-29-31-40(32-30-37)62-51-34-39-18-5-4-17-38(39)33-44(51)56-55-43-21-8-13-28-53(43)63-54(55)35-52-57(56)60(62)49-26-14-25-48-58(49)61(52)50-27-12-11-24-47(50)59(48)45-22-9-6-19-41(45)42-20-7-10-23-46(42)59/h1-35H. The summed E-state index contributed by atoms with van der Waals surface area (Å²) in [5.41, 5.74) is 22.5. The summed E-state index contributed by atoms with van der Waals surface area (Å²) < 4.78 is 6.95. The van der Waals surface area contributed by atoms with Gasteiger partial charge in [0.1, 0.15) is 11.2 Å². The number of furan rings is 1. The molecule has 15 rings (SSSR count). The molecule has 3 aliphatic heterocycles. The van der Waals surface area contributed by atoms with Crippen LogP contribution in [-0.4, -0.2) is 6.85 Å². The van der Waals surface area contributed by atoms with Gasteiger partial charge in [0.25, 0.3) is 0 Å². The van der Waals surface area contributed by atoms with Gasteiger partial charge in [-0.05, 0) is 108 Å². The maximum atomic E-state index is 6.95. The highest BCUT2D eigenvalue weighted by atomic mass is 16.3. The maximum Gasteiger partial charge on any atom is 0.333 e. The molecular weight excluding hydrogens is 763 g/mol. The molecule has 4 heterocycles. The van der Waals surface area contributed by atoms with E-state index in [9.17, 15) is 0 Å². The number of hydrogen-bond donors (Lipinski definition) is 0. The molecule has 290 valence electrons. The van der Waals surface area contributed by atoms with E-state index in [4.69, 9.17) is 4.42 Å². The summed E-state index contributed by atoms with van der Waals surface area (Å²) in [6.07, 6.45) is 0. The van der Waals surface area contributed by atoms with Crippen LogP contribution in [0, 0.1) is 0 Å². The van der Waals surface area contributed by atoms with Gasteiger partial charge in [-0.2, -0.15) is 0 Å². The van der Waals surface area contributed by atoms with E-state index in [1.807, 2.05) is 0 Å². The number of nitrogens with zero attached hydrogens (tertiary/aromatic N) is 2. The molecule has 0 saturated heterocycles. The first kappa shape index (κ1) is 33.6. The van der Waals surface area contributed by atoms with Crippen molar-refractivity contribution in [3.63, 3.8) is 0 Å². The van der Waals surface area contributed by atoms with Gasteiger partial charge in [0.05, 0.1) is 11.1 Å². The largest absolute Gasteiger partial charge is 0.456 e. The number of para-hydroxylation sites is 3. The van der Waals surface area contributed by atoms with Crippen LogP contribution in [0.1, 0.15) is 22.3 Å². The highest BCUT2D eigenvalue weighted by molar-refractivity contribution is 6.94. The van der Waals surface area contributed by atoms with Gasteiger partial charge in [0.15, 0.2) is 0 Å². The van der Waals surface area contributed by atoms with Crippen molar-refractivity contribution >= 4 is 78.9 Å². The first-order valence-corrected chi connectivity index (χ1v) is 22.0. The van der Waals surface area contributed by atoms with Crippen molar-refractivity contribution in [1.82, 2.24) is 0 Å². The van der Waals surface area contributed by atoms with Crippen molar-refractivity contribution in [2.75, 3.05) is 9.71 Å². The lowest BCUT2D eigenvalue weighted by molar-refractivity contribution is 0.669. The second-order valence-corrected chi connectivity index (χ2v) is 17.5. The Kier molecular flexibility index (Phi) is 6.43. The Balaban J connectivity index is 1.11. The highest BCUT2D eigenvalue weighted by Crippen LogP contribution is 2.64. The van der Waals surface area contributed by atoms with Gasteiger partial charge >= 0.3 is 6.85 Å². The molecule has 0 unspecified atom stereocenters. The molecule has 1 aromatic heterocycles. The Morgan fingerprint density at radius 2 is 1.06 bits per heavy atom. The normalized spacial score (nSPS) is 14.4. The zero-order valence-electron chi connectivity index (χ0n) is 34.1. The molecule has 0 amide bonds. The van der Waals surface area contributed by atoms with Crippen LogP contribution in [0.5, 0.6) is 0 Å². The van der Waals surface area contributed by atoms with Gasteiger partial charge in [-0.15, -0.1) is 0 Å². The smallest absolute Gasteiger partial charge is 0.333 e. The van der Waals surface area contributed by atoms with E-state index in [1.54, 1.807) is 0 Å². The van der Waals surface area contributed by atoms with Gasteiger partial charge in [0.2, 0.25) is 0 Å². The molecular formula is C59H35BN2O. The zero-order chi connectivity index (χ0) is 41.0. The second kappa shape index (κ2) is 12.1. The molecule has 3 nitrogen and oxygen atoms in total. The Morgan fingerprint density at radius 1 is 0.429 bits per heavy atom. The summed E-state index contributed by atoms with van der Waals surface area (Å²) >= 11 is 0. The van der Waals surface area contributed by atoms with Crippen molar-refractivity contribution in [3.05, 3.63) is 235 Å². The van der Waals surface area contributed by atoms with E-state index < -0.39 is 5.41 Å². The van der Waals surface area contributed by atoms with Crippen LogP contribution in [0.4, 0.5) is 28.4 Å². The minimum Gasteiger partial charge on any atom is -0.456 e.